The number of aliphatic hydroxyl groups excluding tert-OH is 1. The third-order valence-electron chi connectivity index (χ3n) is 2.77. The molecule has 92 valence electrons. The van der Waals surface area contributed by atoms with Gasteiger partial charge in [-0.3, -0.25) is 0 Å². The third-order valence-corrected chi connectivity index (χ3v) is 2.77. The lowest BCUT2D eigenvalue weighted by atomic mass is 9.87. The van der Waals surface area contributed by atoms with Crippen molar-refractivity contribution in [2.75, 3.05) is 13.2 Å². The minimum atomic E-state index is 0.300. The number of rotatable bonds is 8. The Morgan fingerprint density at radius 2 is 1.80 bits per heavy atom. The first-order chi connectivity index (χ1) is 6.87. The molecule has 0 aromatic heterocycles. The summed E-state index contributed by atoms with van der Waals surface area (Å²) < 4.78 is 0. The molecule has 0 spiro atoms. The first-order valence-corrected chi connectivity index (χ1v) is 6.21. The van der Waals surface area contributed by atoms with Gasteiger partial charge in [0, 0.05) is 19.2 Å². The predicted octanol–water partition coefficient (Wildman–Crippen LogP) is 2.81. The van der Waals surface area contributed by atoms with E-state index < -0.39 is 0 Å². The quantitative estimate of drug-likeness (QED) is 0.652. The van der Waals surface area contributed by atoms with Crippen LogP contribution < -0.4 is 5.32 Å². The van der Waals surface area contributed by atoms with Gasteiger partial charge in [0.05, 0.1) is 0 Å². The van der Waals surface area contributed by atoms with Crippen LogP contribution in [0.15, 0.2) is 0 Å². The lowest BCUT2D eigenvalue weighted by Gasteiger charge is -2.27. The normalized spacial score (nSPS) is 14.6. The summed E-state index contributed by atoms with van der Waals surface area (Å²) >= 11 is 0. The first-order valence-electron chi connectivity index (χ1n) is 6.21. The molecular weight excluding hydrogens is 186 g/mol. The van der Waals surface area contributed by atoms with Gasteiger partial charge in [-0.15, -0.1) is 0 Å². The maximum atomic E-state index is 8.81. The van der Waals surface area contributed by atoms with E-state index in [1.807, 2.05) is 0 Å². The first kappa shape index (κ1) is 14.9. The van der Waals surface area contributed by atoms with Crippen molar-refractivity contribution in [2.45, 2.75) is 59.9 Å². The van der Waals surface area contributed by atoms with E-state index in [2.05, 4.69) is 39.9 Å². The molecule has 0 aromatic rings. The summed E-state index contributed by atoms with van der Waals surface area (Å²) in [6, 6.07) is 0.596. The second-order valence-electron chi connectivity index (χ2n) is 5.90. The number of hydrogen-bond acceptors (Lipinski definition) is 2. The molecule has 0 aromatic carbocycles. The smallest absolute Gasteiger partial charge is 0.0431 e. The average molecular weight is 215 g/mol. The Morgan fingerprint density at radius 3 is 2.27 bits per heavy atom. The van der Waals surface area contributed by atoms with E-state index in [-0.39, 0.29) is 0 Å². The molecule has 0 saturated heterocycles. The van der Waals surface area contributed by atoms with Gasteiger partial charge < -0.3 is 10.4 Å². The Labute approximate surface area is 95.5 Å². The van der Waals surface area contributed by atoms with E-state index in [0.29, 0.717) is 18.1 Å². The fourth-order valence-electron chi connectivity index (χ4n) is 1.89. The number of hydrogen-bond donors (Lipinski definition) is 2. The third kappa shape index (κ3) is 8.88. The predicted molar refractivity (Wildman–Crippen MR) is 67.0 cm³/mol. The average Bonchev–Trinajstić information content (AvgIpc) is 2.11. The zero-order valence-electron chi connectivity index (χ0n) is 11.1. The Balaban J connectivity index is 3.71. The zero-order valence-corrected chi connectivity index (χ0v) is 11.1. The topological polar surface area (TPSA) is 32.3 Å². The van der Waals surface area contributed by atoms with Crippen molar-refractivity contribution in [2.24, 2.45) is 11.3 Å². The molecule has 0 heterocycles. The van der Waals surface area contributed by atoms with Crippen LogP contribution in [0.1, 0.15) is 53.9 Å². The Kier molecular flexibility index (Phi) is 7.20. The van der Waals surface area contributed by atoms with Crippen molar-refractivity contribution in [3.63, 3.8) is 0 Å². The standard InChI is InChI=1S/C13H29NO/c1-11(2)9-12(3)14-10-13(4,5)7-6-8-15/h11-12,14-15H,6-10H2,1-5H3. The van der Waals surface area contributed by atoms with Gasteiger partial charge in [-0.05, 0) is 37.5 Å². The van der Waals surface area contributed by atoms with E-state index in [0.717, 1.165) is 25.3 Å². The van der Waals surface area contributed by atoms with Crippen LogP contribution in [-0.4, -0.2) is 24.3 Å². The molecule has 2 heteroatoms. The fourth-order valence-corrected chi connectivity index (χ4v) is 1.89. The summed E-state index contributed by atoms with van der Waals surface area (Å²) in [5.74, 6) is 0.757. The highest BCUT2D eigenvalue weighted by Crippen LogP contribution is 2.21. The van der Waals surface area contributed by atoms with Gasteiger partial charge in [0.2, 0.25) is 0 Å². The van der Waals surface area contributed by atoms with Crippen LogP contribution in [0.25, 0.3) is 0 Å². The molecule has 0 aliphatic rings. The molecule has 0 rings (SSSR count). The summed E-state index contributed by atoms with van der Waals surface area (Å²) in [5.41, 5.74) is 0.300. The zero-order chi connectivity index (χ0) is 11.9. The van der Waals surface area contributed by atoms with E-state index in [1.54, 1.807) is 0 Å². The summed E-state index contributed by atoms with van der Waals surface area (Å²) in [4.78, 5) is 0. The van der Waals surface area contributed by atoms with Gasteiger partial charge in [-0.25, -0.2) is 0 Å². The van der Waals surface area contributed by atoms with Crippen molar-refractivity contribution in [1.29, 1.82) is 0 Å². The second-order valence-corrected chi connectivity index (χ2v) is 5.90. The van der Waals surface area contributed by atoms with Gasteiger partial charge in [0.1, 0.15) is 0 Å². The molecule has 0 radical (unpaired) electrons. The van der Waals surface area contributed by atoms with Crippen molar-refractivity contribution >= 4 is 0 Å². The maximum absolute atomic E-state index is 8.81. The van der Waals surface area contributed by atoms with Crippen molar-refractivity contribution < 1.29 is 5.11 Å². The number of aliphatic hydroxyl groups is 1. The molecule has 1 unspecified atom stereocenters. The molecule has 0 aliphatic carbocycles. The van der Waals surface area contributed by atoms with Crippen LogP contribution in [0.5, 0.6) is 0 Å². The highest BCUT2D eigenvalue weighted by atomic mass is 16.2. The van der Waals surface area contributed by atoms with Crippen LogP contribution >= 0.6 is 0 Å². The van der Waals surface area contributed by atoms with E-state index in [9.17, 15) is 0 Å². The molecule has 15 heavy (non-hydrogen) atoms. The van der Waals surface area contributed by atoms with Crippen LogP contribution in [-0.2, 0) is 0 Å². The summed E-state index contributed by atoms with van der Waals surface area (Å²) in [5, 5.41) is 12.4. The Bertz CT molecular complexity index is 155. The van der Waals surface area contributed by atoms with Crippen molar-refractivity contribution in [1.82, 2.24) is 5.32 Å². The molecule has 0 aliphatic heterocycles. The van der Waals surface area contributed by atoms with E-state index in [4.69, 9.17) is 5.11 Å². The molecule has 0 fully saturated rings. The fraction of sp³-hybridized carbons (Fsp3) is 1.00. The lowest BCUT2D eigenvalue weighted by molar-refractivity contribution is 0.230. The van der Waals surface area contributed by atoms with Gasteiger partial charge in [-0.2, -0.15) is 0 Å². The highest BCUT2D eigenvalue weighted by molar-refractivity contribution is 4.74. The molecule has 0 bridgehead atoms. The largest absolute Gasteiger partial charge is 0.396 e. The van der Waals surface area contributed by atoms with Gasteiger partial charge in [0.15, 0.2) is 0 Å². The highest BCUT2D eigenvalue weighted by Gasteiger charge is 2.18. The van der Waals surface area contributed by atoms with Crippen molar-refractivity contribution in [3.8, 4) is 0 Å². The lowest BCUT2D eigenvalue weighted by Crippen LogP contribution is -2.36. The van der Waals surface area contributed by atoms with Crippen LogP contribution in [0.3, 0.4) is 0 Å². The summed E-state index contributed by atoms with van der Waals surface area (Å²) in [6.45, 7) is 12.6. The molecular formula is C13H29NO. The van der Waals surface area contributed by atoms with Crippen LogP contribution in [0.4, 0.5) is 0 Å². The van der Waals surface area contributed by atoms with E-state index >= 15 is 0 Å². The summed E-state index contributed by atoms with van der Waals surface area (Å²) in [7, 11) is 0. The maximum Gasteiger partial charge on any atom is 0.0431 e. The Hall–Kier alpha value is -0.0800. The minimum Gasteiger partial charge on any atom is -0.396 e. The molecule has 1 atom stereocenters. The van der Waals surface area contributed by atoms with E-state index in [1.165, 1.54) is 6.42 Å². The monoisotopic (exact) mass is 215 g/mol. The summed E-state index contributed by atoms with van der Waals surface area (Å²) in [6.07, 6.45) is 3.23. The van der Waals surface area contributed by atoms with Crippen molar-refractivity contribution in [3.05, 3.63) is 0 Å². The van der Waals surface area contributed by atoms with Gasteiger partial charge in [-0.1, -0.05) is 27.7 Å². The van der Waals surface area contributed by atoms with Gasteiger partial charge >= 0.3 is 0 Å². The van der Waals surface area contributed by atoms with Crippen LogP contribution in [0, 0.1) is 11.3 Å². The molecule has 2 N–H and O–H groups in total. The minimum absolute atomic E-state index is 0.300. The molecule has 0 saturated carbocycles. The second kappa shape index (κ2) is 7.24. The number of nitrogens with one attached hydrogen (secondary N) is 1. The van der Waals surface area contributed by atoms with Gasteiger partial charge in [0.25, 0.3) is 0 Å². The molecule has 0 amide bonds. The SMILES string of the molecule is CC(C)CC(C)NCC(C)(C)CCCO. The Morgan fingerprint density at radius 1 is 1.20 bits per heavy atom. The van der Waals surface area contributed by atoms with Crippen LogP contribution in [0.2, 0.25) is 0 Å². The molecule has 2 nitrogen and oxygen atoms in total.